The Morgan fingerprint density at radius 3 is 2.31 bits per heavy atom. The lowest BCUT2D eigenvalue weighted by atomic mass is 9.95. The summed E-state index contributed by atoms with van der Waals surface area (Å²) in [6, 6.07) is 18.1. The molecule has 1 amide bonds. The van der Waals surface area contributed by atoms with Crippen molar-refractivity contribution >= 4 is 50.8 Å². The molecule has 0 aliphatic carbocycles. The van der Waals surface area contributed by atoms with E-state index in [1.807, 2.05) is 18.2 Å². The maximum Gasteiger partial charge on any atom is 0.301 e. The topological polar surface area (TPSA) is 70.5 Å². The number of aliphatic hydroxyl groups excluding tert-OH is 1. The fourth-order valence-corrected chi connectivity index (χ4v) is 3.65. The Morgan fingerprint density at radius 2 is 1.69 bits per heavy atom. The number of anilines is 1. The molecular formula is C22H14BrClN2O3. The van der Waals surface area contributed by atoms with Crippen LogP contribution in [0.15, 0.2) is 83.0 Å². The molecule has 29 heavy (non-hydrogen) atoms. The van der Waals surface area contributed by atoms with Gasteiger partial charge in [0, 0.05) is 21.3 Å². The van der Waals surface area contributed by atoms with Gasteiger partial charge in [-0.2, -0.15) is 0 Å². The molecule has 7 heteroatoms. The van der Waals surface area contributed by atoms with Gasteiger partial charge in [0.2, 0.25) is 0 Å². The van der Waals surface area contributed by atoms with Crippen molar-refractivity contribution in [2.24, 2.45) is 0 Å². The van der Waals surface area contributed by atoms with Gasteiger partial charge >= 0.3 is 5.91 Å². The van der Waals surface area contributed by atoms with Gasteiger partial charge in [-0.3, -0.25) is 14.5 Å². The normalized spacial score (nSPS) is 18.3. The molecule has 1 aliphatic heterocycles. The number of Topliss-reactive ketones (excluding diaryl/α,β-unsaturated/α-hetero) is 1. The number of rotatable bonds is 3. The Bertz CT molecular complexity index is 1110. The van der Waals surface area contributed by atoms with Crippen LogP contribution in [0.3, 0.4) is 0 Å². The minimum atomic E-state index is -0.805. The van der Waals surface area contributed by atoms with Gasteiger partial charge in [0.1, 0.15) is 11.6 Å². The number of pyridine rings is 1. The Labute approximate surface area is 180 Å². The average molecular weight is 470 g/mol. The first-order valence-corrected chi connectivity index (χ1v) is 9.88. The summed E-state index contributed by atoms with van der Waals surface area (Å²) in [7, 11) is 0. The monoisotopic (exact) mass is 468 g/mol. The van der Waals surface area contributed by atoms with Crippen molar-refractivity contribution in [3.05, 3.63) is 99.1 Å². The number of amides is 1. The van der Waals surface area contributed by atoms with E-state index in [1.165, 1.54) is 4.90 Å². The highest BCUT2D eigenvalue weighted by atomic mass is 79.9. The number of ketones is 1. The smallest absolute Gasteiger partial charge is 0.301 e. The molecule has 1 aromatic heterocycles. The van der Waals surface area contributed by atoms with Gasteiger partial charge in [-0.05, 0) is 57.9 Å². The molecule has 1 N–H and O–H groups in total. The number of aliphatic hydroxyl groups is 1. The highest BCUT2D eigenvalue weighted by molar-refractivity contribution is 9.10. The molecule has 2 aromatic carbocycles. The molecule has 2 heterocycles. The number of carbonyl (C=O) groups is 2. The standard InChI is InChI=1S/C22H14BrClN2O3/c23-15-8-11-17(25-12-15)26-19(13-4-2-1-3-5-13)18(21(28)22(26)29)20(27)14-6-9-16(24)10-7-14/h1-12,19,27H/t19-/m0/s1. The molecule has 3 aromatic rings. The molecule has 5 nitrogen and oxygen atoms in total. The molecule has 0 radical (unpaired) electrons. The Kier molecular flexibility index (Phi) is 5.22. The number of benzene rings is 2. The van der Waals surface area contributed by atoms with Gasteiger partial charge in [0.05, 0.1) is 11.6 Å². The minimum Gasteiger partial charge on any atom is -0.507 e. The second-order valence-corrected chi connectivity index (χ2v) is 7.77. The van der Waals surface area contributed by atoms with Gasteiger partial charge in [-0.15, -0.1) is 0 Å². The van der Waals surface area contributed by atoms with Crippen molar-refractivity contribution in [3.63, 3.8) is 0 Å². The van der Waals surface area contributed by atoms with Crippen LogP contribution >= 0.6 is 27.5 Å². The molecule has 0 bridgehead atoms. The third-order valence-corrected chi connectivity index (χ3v) is 5.36. The van der Waals surface area contributed by atoms with Crippen molar-refractivity contribution in [2.45, 2.75) is 6.04 Å². The van der Waals surface area contributed by atoms with E-state index in [0.717, 1.165) is 4.47 Å². The zero-order valence-electron chi connectivity index (χ0n) is 14.9. The third-order valence-electron chi connectivity index (χ3n) is 4.64. The Hall–Kier alpha value is -2.96. The number of aromatic nitrogens is 1. The zero-order valence-corrected chi connectivity index (χ0v) is 17.3. The molecule has 0 spiro atoms. The number of hydrogen-bond acceptors (Lipinski definition) is 4. The number of halogens is 2. The highest BCUT2D eigenvalue weighted by Gasteiger charge is 2.47. The molecule has 1 fully saturated rings. The van der Waals surface area contributed by atoms with E-state index in [4.69, 9.17) is 11.6 Å². The van der Waals surface area contributed by atoms with Crippen LogP contribution in [0.5, 0.6) is 0 Å². The summed E-state index contributed by atoms with van der Waals surface area (Å²) in [6.45, 7) is 0. The SMILES string of the molecule is O=C1C(=O)N(c2ccc(Br)cn2)[C@@H](c2ccccc2)C1=C(O)c1ccc(Cl)cc1. The van der Waals surface area contributed by atoms with E-state index in [-0.39, 0.29) is 11.3 Å². The van der Waals surface area contributed by atoms with Crippen molar-refractivity contribution in [1.82, 2.24) is 4.98 Å². The largest absolute Gasteiger partial charge is 0.507 e. The summed E-state index contributed by atoms with van der Waals surface area (Å²) < 4.78 is 0.746. The van der Waals surface area contributed by atoms with E-state index in [1.54, 1.807) is 54.7 Å². The first-order valence-electron chi connectivity index (χ1n) is 8.71. The summed E-state index contributed by atoms with van der Waals surface area (Å²) >= 11 is 9.25. The van der Waals surface area contributed by atoms with Crippen molar-refractivity contribution in [3.8, 4) is 0 Å². The molecule has 1 saturated heterocycles. The van der Waals surface area contributed by atoms with Gasteiger partial charge in [-0.1, -0.05) is 41.9 Å². The zero-order chi connectivity index (χ0) is 20.5. The van der Waals surface area contributed by atoms with Gasteiger partial charge in [0.25, 0.3) is 5.78 Å². The van der Waals surface area contributed by atoms with Crippen molar-refractivity contribution in [2.75, 3.05) is 4.90 Å². The maximum atomic E-state index is 12.9. The molecule has 0 unspecified atom stereocenters. The van der Waals surface area contributed by atoms with Crippen LogP contribution in [0.4, 0.5) is 5.82 Å². The third kappa shape index (κ3) is 3.57. The first-order chi connectivity index (χ1) is 14.0. The van der Waals surface area contributed by atoms with Crippen LogP contribution in [0.25, 0.3) is 5.76 Å². The quantitative estimate of drug-likeness (QED) is 0.328. The lowest BCUT2D eigenvalue weighted by molar-refractivity contribution is -0.132. The second kappa shape index (κ2) is 7.81. The van der Waals surface area contributed by atoms with Crippen LogP contribution < -0.4 is 4.90 Å². The highest BCUT2D eigenvalue weighted by Crippen LogP contribution is 2.41. The maximum absolute atomic E-state index is 12.9. The van der Waals surface area contributed by atoms with Crippen LogP contribution in [-0.2, 0) is 9.59 Å². The summed E-state index contributed by atoms with van der Waals surface area (Å²) in [6.07, 6.45) is 1.55. The molecule has 4 rings (SSSR count). The van der Waals surface area contributed by atoms with E-state index < -0.39 is 17.7 Å². The van der Waals surface area contributed by atoms with Gasteiger partial charge in [-0.25, -0.2) is 4.98 Å². The van der Waals surface area contributed by atoms with Crippen LogP contribution in [0.1, 0.15) is 17.2 Å². The van der Waals surface area contributed by atoms with E-state index in [9.17, 15) is 14.7 Å². The molecule has 1 aliphatic rings. The van der Waals surface area contributed by atoms with Gasteiger partial charge in [0.15, 0.2) is 0 Å². The molecule has 144 valence electrons. The van der Waals surface area contributed by atoms with Crippen molar-refractivity contribution in [1.29, 1.82) is 0 Å². The number of hydrogen-bond donors (Lipinski definition) is 1. The fourth-order valence-electron chi connectivity index (χ4n) is 3.29. The van der Waals surface area contributed by atoms with E-state index >= 15 is 0 Å². The van der Waals surface area contributed by atoms with Crippen LogP contribution in [-0.4, -0.2) is 21.8 Å². The molecular weight excluding hydrogens is 456 g/mol. The average Bonchev–Trinajstić information content (AvgIpc) is 3.00. The first kappa shape index (κ1) is 19.4. The summed E-state index contributed by atoms with van der Waals surface area (Å²) in [5, 5.41) is 11.4. The Morgan fingerprint density at radius 1 is 1.00 bits per heavy atom. The van der Waals surface area contributed by atoms with E-state index in [2.05, 4.69) is 20.9 Å². The van der Waals surface area contributed by atoms with Crippen LogP contribution in [0.2, 0.25) is 5.02 Å². The summed E-state index contributed by atoms with van der Waals surface area (Å²) in [5.74, 6) is -1.45. The predicted molar refractivity (Wildman–Crippen MR) is 115 cm³/mol. The molecule has 1 atom stereocenters. The predicted octanol–water partition coefficient (Wildman–Crippen LogP) is 5.12. The number of carbonyl (C=O) groups excluding carboxylic acids is 2. The lowest BCUT2D eigenvalue weighted by Gasteiger charge is -2.24. The minimum absolute atomic E-state index is 0.00763. The second-order valence-electron chi connectivity index (χ2n) is 6.42. The summed E-state index contributed by atoms with van der Waals surface area (Å²) in [5.41, 5.74) is 1.09. The lowest BCUT2D eigenvalue weighted by Crippen LogP contribution is -2.30. The number of nitrogens with zero attached hydrogens (tertiary/aromatic N) is 2. The van der Waals surface area contributed by atoms with Gasteiger partial charge < -0.3 is 5.11 Å². The summed E-state index contributed by atoms with van der Waals surface area (Å²) in [4.78, 5) is 31.5. The van der Waals surface area contributed by atoms with Crippen molar-refractivity contribution < 1.29 is 14.7 Å². The van der Waals surface area contributed by atoms with Crippen LogP contribution in [0, 0.1) is 0 Å². The Balaban J connectivity index is 1.93. The fraction of sp³-hybridized carbons (Fsp3) is 0.0455. The molecule has 0 saturated carbocycles. The van der Waals surface area contributed by atoms with E-state index in [0.29, 0.717) is 22.0 Å².